The molecular weight excluding hydrogens is 428 g/mol. The molecule has 2 aromatic carbocycles. The van der Waals surface area contributed by atoms with E-state index in [0.717, 1.165) is 4.90 Å². The van der Waals surface area contributed by atoms with Crippen molar-refractivity contribution < 1.29 is 37.0 Å². The molecule has 0 saturated carbocycles. The van der Waals surface area contributed by atoms with Gasteiger partial charge in [-0.05, 0) is 44.2 Å². The van der Waals surface area contributed by atoms with E-state index in [9.17, 15) is 18.1 Å². The molecule has 0 amide bonds. The van der Waals surface area contributed by atoms with Crippen LogP contribution in [0.1, 0.15) is 19.4 Å². The zero-order chi connectivity index (χ0) is 22.8. The Kier molecular flexibility index (Phi) is 4.69. The summed E-state index contributed by atoms with van der Waals surface area (Å²) >= 11 is 0. The van der Waals surface area contributed by atoms with Crippen molar-refractivity contribution >= 4 is 21.5 Å². The first-order valence-corrected chi connectivity index (χ1v) is 10.9. The first kappa shape index (κ1) is 21.7. The summed E-state index contributed by atoms with van der Waals surface area (Å²) < 4.78 is 58.0. The van der Waals surface area contributed by atoms with Crippen molar-refractivity contribution in [1.82, 2.24) is 0 Å². The standard InChI is InChI=1S/C20H24N2O8S/c1-18(2)20(23,28-4)19(27-3,13-11-12(21)9-10-15(13)30-18)22-14-7-5-6-8-16(14)29-17(22)31(24,25)26/h5-11,17,23H,21H2,1-4H3,(H,24,25,26). The molecule has 0 spiro atoms. The largest absolute Gasteiger partial charge is 0.482 e. The van der Waals surface area contributed by atoms with E-state index in [2.05, 4.69) is 0 Å². The number of nitrogens with zero attached hydrogens (tertiary/aromatic N) is 1. The number of nitrogen functional groups attached to an aromatic ring is 1. The molecule has 0 aliphatic carbocycles. The Morgan fingerprint density at radius 2 is 1.77 bits per heavy atom. The number of anilines is 2. The van der Waals surface area contributed by atoms with Gasteiger partial charge < -0.3 is 29.8 Å². The maximum absolute atomic E-state index is 12.4. The number of aliphatic hydroxyl groups is 1. The lowest BCUT2D eigenvalue weighted by atomic mass is 9.78. The Hall–Kier alpha value is -2.57. The van der Waals surface area contributed by atoms with Crippen molar-refractivity contribution in [3.63, 3.8) is 0 Å². The highest BCUT2D eigenvalue weighted by Crippen LogP contribution is 2.58. The number of nitrogens with two attached hydrogens (primary N) is 1. The summed E-state index contributed by atoms with van der Waals surface area (Å²) in [7, 11) is -2.32. The number of hydrogen-bond acceptors (Lipinski definition) is 9. The van der Waals surface area contributed by atoms with Crippen LogP contribution in [0, 0.1) is 0 Å². The van der Waals surface area contributed by atoms with E-state index in [-0.39, 0.29) is 22.7 Å². The average Bonchev–Trinajstić information content (AvgIpc) is 3.10. The summed E-state index contributed by atoms with van der Waals surface area (Å²) in [5, 5.41) is 11.9. The van der Waals surface area contributed by atoms with Gasteiger partial charge in [-0.1, -0.05) is 12.1 Å². The van der Waals surface area contributed by atoms with Crippen LogP contribution in [0.5, 0.6) is 11.5 Å². The summed E-state index contributed by atoms with van der Waals surface area (Å²) in [5.41, 5.74) is 1.28. The minimum Gasteiger partial charge on any atom is -0.482 e. The fourth-order valence-electron chi connectivity index (χ4n) is 4.40. The van der Waals surface area contributed by atoms with E-state index in [1.165, 1.54) is 26.4 Å². The zero-order valence-electron chi connectivity index (χ0n) is 17.4. The van der Waals surface area contributed by atoms with Gasteiger partial charge in [0.05, 0.1) is 11.3 Å². The van der Waals surface area contributed by atoms with E-state index in [1.54, 1.807) is 44.2 Å². The van der Waals surface area contributed by atoms with Gasteiger partial charge >= 0.3 is 15.7 Å². The molecule has 4 N–H and O–H groups in total. The van der Waals surface area contributed by atoms with Crippen LogP contribution in [-0.2, 0) is 25.3 Å². The number of methoxy groups -OCH3 is 2. The fraction of sp³-hybridized carbons (Fsp3) is 0.400. The van der Waals surface area contributed by atoms with Crippen LogP contribution in [0.25, 0.3) is 0 Å². The topological polar surface area (TPSA) is 141 Å². The first-order chi connectivity index (χ1) is 14.4. The van der Waals surface area contributed by atoms with E-state index in [0.29, 0.717) is 5.69 Å². The van der Waals surface area contributed by atoms with Crippen LogP contribution in [0.2, 0.25) is 0 Å². The van der Waals surface area contributed by atoms with Crippen molar-refractivity contribution in [3.8, 4) is 11.5 Å². The van der Waals surface area contributed by atoms with Crippen LogP contribution in [0.3, 0.4) is 0 Å². The highest BCUT2D eigenvalue weighted by Gasteiger charge is 2.72. The van der Waals surface area contributed by atoms with Gasteiger partial charge in [0.2, 0.25) is 5.72 Å². The van der Waals surface area contributed by atoms with Crippen molar-refractivity contribution in [2.24, 2.45) is 0 Å². The number of rotatable bonds is 4. The lowest BCUT2D eigenvalue weighted by Crippen LogP contribution is -2.77. The highest BCUT2D eigenvalue weighted by molar-refractivity contribution is 7.86. The van der Waals surface area contributed by atoms with Gasteiger partial charge in [0.25, 0.3) is 5.79 Å². The smallest absolute Gasteiger partial charge is 0.324 e. The lowest BCUT2D eigenvalue weighted by Gasteiger charge is -2.58. The molecule has 3 unspecified atom stereocenters. The third-order valence-corrected chi connectivity index (χ3v) is 6.57. The lowest BCUT2D eigenvalue weighted by molar-refractivity contribution is -0.368. The molecule has 0 fully saturated rings. The summed E-state index contributed by atoms with van der Waals surface area (Å²) in [6, 6.07) is 11.1. The Labute approximate surface area is 179 Å². The summed E-state index contributed by atoms with van der Waals surface area (Å²) in [4.78, 5) is 1.13. The monoisotopic (exact) mass is 452 g/mol. The van der Waals surface area contributed by atoms with Gasteiger partial charge in [-0.15, -0.1) is 0 Å². The Balaban J connectivity index is 2.15. The van der Waals surface area contributed by atoms with Crippen LogP contribution < -0.4 is 20.1 Å². The number of ether oxygens (including phenoxy) is 4. The molecule has 31 heavy (non-hydrogen) atoms. The van der Waals surface area contributed by atoms with Crippen molar-refractivity contribution in [2.75, 3.05) is 24.9 Å². The van der Waals surface area contributed by atoms with Crippen LogP contribution in [0.4, 0.5) is 11.4 Å². The van der Waals surface area contributed by atoms with Gasteiger partial charge in [-0.25, -0.2) is 0 Å². The van der Waals surface area contributed by atoms with Gasteiger partial charge in [0.15, 0.2) is 5.60 Å². The molecule has 2 aliphatic rings. The van der Waals surface area contributed by atoms with Gasteiger partial charge in [0, 0.05) is 19.9 Å². The Morgan fingerprint density at radius 3 is 2.39 bits per heavy atom. The molecule has 2 aromatic rings. The van der Waals surface area contributed by atoms with Gasteiger partial charge in [0.1, 0.15) is 11.5 Å². The maximum Gasteiger partial charge on any atom is 0.324 e. The third kappa shape index (κ3) is 2.74. The molecule has 0 aromatic heterocycles. The summed E-state index contributed by atoms with van der Waals surface area (Å²) in [5.74, 6) is -1.87. The quantitative estimate of drug-likeness (QED) is 0.356. The average molecular weight is 452 g/mol. The number of hydrogen-bond donors (Lipinski definition) is 3. The normalized spacial score (nSPS) is 29.0. The predicted molar refractivity (Wildman–Crippen MR) is 111 cm³/mol. The van der Waals surface area contributed by atoms with E-state index < -0.39 is 32.8 Å². The number of fused-ring (bicyclic) bond motifs is 2. The molecule has 168 valence electrons. The minimum absolute atomic E-state index is 0.162. The Morgan fingerprint density at radius 1 is 1.10 bits per heavy atom. The molecule has 11 heteroatoms. The predicted octanol–water partition coefficient (Wildman–Crippen LogP) is 1.64. The maximum atomic E-state index is 12.4. The molecule has 10 nitrogen and oxygen atoms in total. The van der Waals surface area contributed by atoms with Crippen LogP contribution in [-0.4, -0.2) is 49.2 Å². The molecule has 0 bridgehead atoms. The summed E-state index contributed by atoms with van der Waals surface area (Å²) in [6.07, 6.45) is 0. The minimum atomic E-state index is -4.84. The van der Waals surface area contributed by atoms with Crippen molar-refractivity contribution in [2.45, 2.75) is 36.5 Å². The second kappa shape index (κ2) is 6.71. The van der Waals surface area contributed by atoms with Crippen LogP contribution in [0.15, 0.2) is 42.5 Å². The van der Waals surface area contributed by atoms with E-state index >= 15 is 0 Å². The van der Waals surface area contributed by atoms with Crippen molar-refractivity contribution in [1.29, 1.82) is 0 Å². The third-order valence-electron chi connectivity index (χ3n) is 5.76. The second-order valence-corrected chi connectivity index (χ2v) is 9.28. The first-order valence-electron chi connectivity index (χ1n) is 9.36. The SMILES string of the molecule is COC1(N2c3ccccc3OC2S(=O)(=O)O)c2cc(N)ccc2OC(C)(C)C1(O)OC. The van der Waals surface area contributed by atoms with Crippen LogP contribution >= 0.6 is 0 Å². The number of para-hydroxylation sites is 2. The van der Waals surface area contributed by atoms with E-state index in [1.807, 2.05) is 0 Å². The molecule has 2 heterocycles. The fourth-order valence-corrected chi connectivity index (χ4v) is 5.16. The highest BCUT2D eigenvalue weighted by atomic mass is 32.2. The molecule has 3 atom stereocenters. The zero-order valence-corrected chi connectivity index (χ0v) is 18.2. The van der Waals surface area contributed by atoms with E-state index in [4.69, 9.17) is 24.7 Å². The van der Waals surface area contributed by atoms with Crippen molar-refractivity contribution in [3.05, 3.63) is 48.0 Å². The summed E-state index contributed by atoms with van der Waals surface area (Å²) in [6.45, 7) is 3.13. The number of benzene rings is 2. The molecular formula is C20H24N2O8S. The van der Waals surface area contributed by atoms with Gasteiger partial charge in [-0.3, -0.25) is 9.45 Å². The Bertz CT molecular complexity index is 1140. The van der Waals surface area contributed by atoms with Gasteiger partial charge in [-0.2, -0.15) is 8.42 Å². The molecule has 0 radical (unpaired) electrons. The molecule has 0 saturated heterocycles. The molecule has 2 aliphatic heterocycles. The second-order valence-electron chi connectivity index (χ2n) is 7.84. The molecule has 4 rings (SSSR count).